The van der Waals surface area contributed by atoms with Crippen molar-refractivity contribution in [3.05, 3.63) is 81.7 Å². The van der Waals surface area contributed by atoms with Gasteiger partial charge in [0.05, 0.1) is 11.3 Å². The number of carbonyl (C=O) groups is 2. The Kier molecular flexibility index (Phi) is 5.77. The number of anilines is 3. The number of piperidine rings is 1. The summed E-state index contributed by atoms with van der Waals surface area (Å²) in [5.74, 6) is -0.614. The van der Waals surface area contributed by atoms with Crippen LogP contribution in [-0.4, -0.2) is 24.9 Å². The molecule has 1 fully saturated rings. The van der Waals surface area contributed by atoms with Gasteiger partial charge in [0.2, 0.25) is 0 Å². The molecule has 1 N–H and O–H groups in total. The molecular formula is C27H27N3O2S. The number of carbonyl (C=O) groups excluding carboxylic acids is 2. The second kappa shape index (κ2) is 8.87. The fraction of sp³-hybridized carbons (Fsp3) is 0.259. The summed E-state index contributed by atoms with van der Waals surface area (Å²) < 4.78 is 0. The summed E-state index contributed by atoms with van der Waals surface area (Å²) in [6.45, 7) is 6.09. The molecule has 0 atom stereocenters. The third-order valence-corrected chi connectivity index (χ3v) is 7.19. The minimum absolute atomic E-state index is 0.290. The van der Waals surface area contributed by atoms with Crippen molar-refractivity contribution in [2.75, 3.05) is 28.2 Å². The molecule has 0 aliphatic carbocycles. The summed E-state index contributed by atoms with van der Waals surface area (Å²) in [6.07, 6.45) is 3.74. The van der Waals surface area contributed by atoms with Crippen LogP contribution in [0.3, 0.4) is 0 Å². The average molecular weight is 458 g/mol. The van der Waals surface area contributed by atoms with E-state index in [1.807, 2.05) is 61.7 Å². The van der Waals surface area contributed by atoms with Gasteiger partial charge in [-0.05, 0) is 80.5 Å². The van der Waals surface area contributed by atoms with Crippen molar-refractivity contribution in [1.29, 1.82) is 0 Å². The number of imide groups is 1. The number of thiophene rings is 1. The van der Waals surface area contributed by atoms with Crippen LogP contribution in [0.15, 0.2) is 65.7 Å². The number of nitrogens with one attached hydrogen (secondary N) is 1. The molecule has 2 amide bonds. The molecule has 3 aromatic rings. The Balaban J connectivity index is 1.48. The van der Waals surface area contributed by atoms with Crippen molar-refractivity contribution in [2.24, 2.45) is 0 Å². The molecule has 2 aliphatic rings. The lowest BCUT2D eigenvalue weighted by atomic mass is 10.1. The van der Waals surface area contributed by atoms with Gasteiger partial charge >= 0.3 is 0 Å². The first-order valence-corrected chi connectivity index (χ1v) is 12.3. The van der Waals surface area contributed by atoms with Gasteiger partial charge in [-0.3, -0.25) is 9.59 Å². The van der Waals surface area contributed by atoms with E-state index in [1.54, 1.807) is 0 Å². The predicted octanol–water partition coefficient (Wildman–Crippen LogP) is 5.75. The first-order chi connectivity index (χ1) is 16.0. The van der Waals surface area contributed by atoms with Crippen molar-refractivity contribution >= 4 is 45.8 Å². The second-order valence-electron chi connectivity index (χ2n) is 8.68. The van der Waals surface area contributed by atoms with Crippen LogP contribution in [0, 0.1) is 13.8 Å². The van der Waals surface area contributed by atoms with Gasteiger partial charge in [-0.15, -0.1) is 11.3 Å². The molecule has 5 nitrogen and oxygen atoms in total. The molecule has 0 spiro atoms. The van der Waals surface area contributed by atoms with Crippen LogP contribution in [0.2, 0.25) is 0 Å². The van der Waals surface area contributed by atoms with Gasteiger partial charge in [0.25, 0.3) is 11.8 Å². The number of rotatable bonds is 5. The summed E-state index contributed by atoms with van der Waals surface area (Å²) in [6, 6.07) is 17.7. The molecular weight excluding hydrogens is 430 g/mol. The fourth-order valence-corrected chi connectivity index (χ4v) is 5.39. The van der Waals surface area contributed by atoms with Crippen molar-refractivity contribution in [3.63, 3.8) is 0 Å². The van der Waals surface area contributed by atoms with Crippen molar-refractivity contribution < 1.29 is 9.59 Å². The van der Waals surface area contributed by atoms with Gasteiger partial charge in [-0.1, -0.05) is 23.8 Å². The zero-order valence-electron chi connectivity index (χ0n) is 18.9. The van der Waals surface area contributed by atoms with Crippen LogP contribution < -0.4 is 15.1 Å². The van der Waals surface area contributed by atoms with E-state index < -0.39 is 0 Å². The van der Waals surface area contributed by atoms with E-state index in [9.17, 15) is 9.59 Å². The first kappa shape index (κ1) is 21.5. The van der Waals surface area contributed by atoms with Crippen LogP contribution in [0.1, 0.15) is 35.3 Å². The van der Waals surface area contributed by atoms with Gasteiger partial charge in [0.1, 0.15) is 5.70 Å². The third kappa shape index (κ3) is 4.07. The van der Waals surface area contributed by atoms with Crippen LogP contribution in [0.4, 0.5) is 17.1 Å². The maximum atomic E-state index is 13.6. The lowest BCUT2D eigenvalue weighted by molar-refractivity contribution is -0.120. The summed E-state index contributed by atoms with van der Waals surface area (Å²) >= 11 is 1.46. The molecule has 0 bridgehead atoms. The first-order valence-electron chi connectivity index (χ1n) is 11.4. The number of nitrogens with zero attached hydrogens (tertiary/aromatic N) is 2. The Bertz CT molecular complexity index is 1220. The van der Waals surface area contributed by atoms with Crippen LogP contribution in [0.25, 0.3) is 5.57 Å². The van der Waals surface area contributed by atoms with E-state index in [4.69, 9.17) is 0 Å². The third-order valence-electron chi connectivity index (χ3n) is 6.30. The summed E-state index contributed by atoms with van der Waals surface area (Å²) in [4.78, 5) is 31.6. The van der Waals surface area contributed by atoms with Crippen LogP contribution in [0.5, 0.6) is 0 Å². The smallest absolute Gasteiger partial charge is 0.282 e. The standard InChI is InChI=1S/C27H27N3O2S/c1-18-8-13-22(19(2)17-18)30-26(31)24(23-7-6-16-33-23)25(27(30)32)28-20-9-11-21(12-10-20)29-14-4-3-5-15-29/h6-13,16-17,28H,3-5,14-15H2,1-2H3. The second-order valence-corrected chi connectivity index (χ2v) is 9.63. The topological polar surface area (TPSA) is 52.7 Å². The number of benzene rings is 2. The molecule has 1 saturated heterocycles. The normalized spacial score (nSPS) is 16.7. The Hall–Kier alpha value is -3.38. The SMILES string of the molecule is Cc1ccc(N2C(=O)C(Nc3ccc(N4CCCCC4)cc3)=C(c3cccs3)C2=O)c(C)c1. The molecule has 6 heteroatoms. The Morgan fingerprint density at radius 1 is 0.879 bits per heavy atom. The highest BCUT2D eigenvalue weighted by molar-refractivity contribution is 7.11. The molecule has 0 saturated carbocycles. The van der Waals surface area contributed by atoms with E-state index in [-0.39, 0.29) is 11.8 Å². The molecule has 2 aromatic carbocycles. The lowest BCUT2D eigenvalue weighted by Crippen LogP contribution is -2.33. The number of hydrogen-bond acceptors (Lipinski definition) is 5. The predicted molar refractivity (Wildman–Crippen MR) is 136 cm³/mol. The quantitative estimate of drug-likeness (QED) is 0.496. The highest BCUT2D eigenvalue weighted by Crippen LogP contribution is 2.37. The molecule has 0 radical (unpaired) electrons. The largest absolute Gasteiger partial charge is 0.372 e. The monoisotopic (exact) mass is 457 g/mol. The van der Waals surface area contributed by atoms with E-state index in [2.05, 4.69) is 22.3 Å². The van der Waals surface area contributed by atoms with Gasteiger partial charge in [0.15, 0.2) is 0 Å². The highest BCUT2D eigenvalue weighted by Gasteiger charge is 2.41. The molecule has 0 unspecified atom stereocenters. The van der Waals surface area contributed by atoms with Gasteiger partial charge in [-0.2, -0.15) is 0 Å². The van der Waals surface area contributed by atoms with Crippen LogP contribution in [-0.2, 0) is 9.59 Å². The highest BCUT2D eigenvalue weighted by atomic mass is 32.1. The summed E-state index contributed by atoms with van der Waals surface area (Å²) in [7, 11) is 0. The number of amides is 2. The van der Waals surface area contributed by atoms with E-state index >= 15 is 0 Å². The van der Waals surface area contributed by atoms with E-state index in [0.29, 0.717) is 17.0 Å². The number of hydrogen-bond donors (Lipinski definition) is 1. The molecule has 168 valence electrons. The summed E-state index contributed by atoms with van der Waals surface area (Å²) in [5.41, 5.74) is 5.36. The zero-order valence-corrected chi connectivity index (χ0v) is 19.7. The van der Waals surface area contributed by atoms with E-state index in [1.165, 1.54) is 41.2 Å². The van der Waals surface area contributed by atoms with Crippen molar-refractivity contribution in [3.8, 4) is 0 Å². The minimum atomic E-state index is -0.324. The summed E-state index contributed by atoms with van der Waals surface area (Å²) in [5, 5.41) is 5.20. The zero-order chi connectivity index (χ0) is 22.9. The minimum Gasteiger partial charge on any atom is -0.372 e. The Morgan fingerprint density at radius 2 is 1.64 bits per heavy atom. The Labute approximate surface area is 198 Å². The molecule has 1 aromatic heterocycles. The molecule has 5 rings (SSSR count). The van der Waals surface area contributed by atoms with Gasteiger partial charge < -0.3 is 10.2 Å². The maximum absolute atomic E-state index is 13.6. The lowest BCUT2D eigenvalue weighted by Gasteiger charge is -2.28. The molecule has 3 heterocycles. The van der Waals surface area contributed by atoms with Gasteiger partial charge in [-0.25, -0.2) is 4.90 Å². The molecule has 33 heavy (non-hydrogen) atoms. The maximum Gasteiger partial charge on any atom is 0.282 e. The van der Waals surface area contributed by atoms with Crippen LogP contribution >= 0.6 is 11.3 Å². The van der Waals surface area contributed by atoms with Gasteiger partial charge in [0, 0.05) is 29.3 Å². The molecule has 2 aliphatic heterocycles. The average Bonchev–Trinajstić information content (AvgIpc) is 3.42. The van der Waals surface area contributed by atoms with Crippen molar-refractivity contribution in [2.45, 2.75) is 33.1 Å². The van der Waals surface area contributed by atoms with Crippen molar-refractivity contribution in [1.82, 2.24) is 0 Å². The Morgan fingerprint density at radius 3 is 2.30 bits per heavy atom. The van der Waals surface area contributed by atoms with E-state index in [0.717, 1.165) is 34.8 Å². The fourth-order valence-electron chi connectivity index (χ4n) is 4.62. The number of aryl methyl sites for hydroxylation is 2.